The Bertz CT molecular complexity index is 50.3. The van der Waals surface area contributed by atoms with E-state index >= 15 is 0 Å². The van der Waals surface area contributed by atoms with Gasteiger partial charge in [0.25, 0.3) is 0 Å². The predicted octanol–water partition coefficient (Wildman–Crippen LogP) is 2.24. The second-order valence-electron chi connectivity index (χ2n) is 2.47. The molecule has 2 atom stereocenters. The molecule has 1 radical (unpaired) electrons. The maximum atomic E-state index is 10.6. The third kappa shape index (κ3) is 3.03. The average molecular weight is 115 g/mol. The van der Waals surface area contributed by atoms with E-state index in [4.69, 9.17) is 0 Å². The molecule has 0 aliphatic rings. The Labute approximate surface area is 51.7 Å². The SMILES string of the molecule is CCCC(C)C(C)[O]. The molecule has 0 amide bonds. The summed E-state index contributed by atoms with van der Waals surface area (Å²) in [6.07, 6.45) is 1.83. The molecule has 0 aliphatic carbocycles. The fourth-order valence-electron chi connectivity index (χ4n) is 0.690. The summed E-state index contributed by atoms with van der Waals surface area (Å²) in [6, 6.07) is 0. The van der Waals surface area contributed by atoms with E-state index in [-0.39, 0.29) is 6.10 Å². The minimum Gasteiger partial charge on any atom is -0.233 e. The van der Waals surface area contributed by atoms with Crippen LogP contribution in [-0.2, 0) is 5.11 Å². The highest BCUT2D eigenvalue weighted by atomic mass is 16.3. The maximum Gasteiger partial charge on any atom is 0.0927 e. The van der Waals surface area contributed by atoms with E-state index in [1.807, 2.05) is 6.92 Å². The Morgan fingerprint density at radius 2 is 1.88 bits per heavy atom. The van der Waals surface area contributed by atoms with Gasteiger partial charge in [0.05, 0.1) is 6.10 Å². The molecule has 8 heavy (non-hydrogen) atoms. The van der Waals surface area contributed by atoms with Gasteiger partial charge in [-0.25, -0.2) is 5.11 Å². The maximum absolute atomic E-state index is 10.6. The molecule has 0 aromatic rings. The summed E-state index contributed by atoms with van der Waals surface area (Å²) in [6.45, 7) is 5.86. The molecule has 0 aliphatic heterocycles. The molecule has 2 unspecified atom stereocenters. The number of hydrogen-bond donors (Lipinski definition) is 0. The van der Waals surface area contributed by atoms with Gasteiger partial charge in [-0.15, -0.1) is 0 Å². The molecule has 0 aromatic heterocycles. The minimum absolute atomic E-state index is 0.361. The van der Waals surface area contributed by atoms with Crippen molar-refractivity contribution in [1.29, 1.82) is 0 Å². The van der Waals surface area contributed by atoms with Crippen molar-refractivity contribution in [2.24, 2.45) is 5.92 Å². The molecular weight excluding hydrogens is 100 g/mol. The minimum atomic E-state index is -0.380. The summed E-state index contributed by atoms with van der Waals surface area (Å²) in [5, 5.41) is 10.6. The molecule has 0 rings (SSSR count). The number of hydrogen-bond acceptors (Lipinski definition) is 0. The lowest BCUT2D eigenvalue weighted by Gasteiger charge is -2.09. The van der Waals surface area contributed by atoms with Gasteiger partial charge in [0.2, 0.25) is 0 Å². The first-order chi connectivity index (χ1) is 3.68. The lowest BCUT2D eigenvalue weighted by atomic mass is 10.0. The second kappa shape index (κ2) is 3.90. The van der Waals surface area contributed by atoms with E-state index in [0.717, 1.165) is 12.8 Å². The molecule has 0 spiro atoms. The standard InChI is InChI=1S/C7H15O/c1-4-5-6(2)7(3)8/h6-7H,4-5H2,1-3H3. The van der Waals surface area contributed by atoms with Crippen molar-refractivity contribution in [1.82, 2.24) is 0 Å². The Hall–Kier alpha value is -0.0400. The van der Waals surface area contributed by atoms with E-state index in [1.54, 1.807) is 6.92 Å². The van der Waals surface area contributed by atoms with Crippen LogP contribution in [0.2, 0.25) is 0 Å². The van der Waals surface area contributed by atoms with Crippen LogP contribution in [-0.4, -0.2) is 6.10 Å². The fourth-order valence-corrected chi connectivity index (χ4v) is 0.690. The topological polar surface area (TPSA) is 19.9 Å². The molecule has 49 valence electrons. The van der Waals surface area contributed by atoms with E-state index in [9.17, 15) is 5.11 Å². The second-order valence-corrected chi connectivity index (χ2v) is 2.47. The van der Waals surface area contributed by atoms with E-state index in [2.05, 4.69) is 6.92 Å². The fraction of sp³-hybridized carbons (Fsp3) is 1.00. The van der Waals surface area contributed by atoms with Gasteiger partial charge < -0.3 is 0 Å². The summed E-state index contributed by atoms with van der Waals surface area (Å²) in [5.41, 5.74) is 0. The first-order valence-electron chi connectivity index (χ1n) is 3.34. The zero-order valence-corrected chi connectivity index (χ0v) is 5.98. The quantitative estimate of drug-likeness (QED) is 0.537. The van der Waals surface area contributed by atoms with E-state index < -0.39 is 0 Å². The number of rotatable bonds is 3. The summed E-state index contributed by atoms with van der Waals surface area (Å²) < 4.78 is 0. The van der Waals surface area contributed by atoms with Crippen LogP contribution < -0.4 is 0 Å². The Kier molecular flexibility index (Phi) is 3.88. The molecule has 0 fully saturated rings. The van der Waals surface area contributed by atoms with Crippen molar-refractivity contribution in [3.8, 4) is 0 Å². The van der Waals surface area contributed by atoms with Crippen molar-refractivity contribution in [2.75, 3.05) is 0 Å². The average Bonchev–Trinajstić information content (AvgIpc) is 1.67. The molecule has 0 aromatic carbocycles. The van der Waals surface area contributed by atoms with E-state index in [1.165, 1.54) is 0 Å². The normalized spacial score (nSPS) is 18.0. The van der Waals surface area contributed by atoms with E-state index in [0.29, 0.717) is 5.92 Å². The van der Waals surface area contributed by atoms with Crippen LogP contribution in [0.5, 0.6) is 0 Å². The Morgan fingerprint density at radius 1 is 1.38 bits per heavy atom. The molecule has 1 nitrogen and oxygen atoms in total. The third-order valence-corrected chi connectivity index (χ3v) is 1.55. The van der Waals surface area contributed by atoms with Gasteiger partial charge in [-0.3, -0.25) is 0 Å². The van der Waals surface area contributed by atoms with Gasteiger partial charge in [0.15, 0.2) is 0 Å². The monoisotopic (exact) mass is 115 g/mol. The third-order valence-electron chi connectivity index (χ3n) is 1.55. The molecule has 0 saturated heterocycles. The van der Waals surface area contributed by atoms with Gasteiger partial charge in [-0.2, -0.15) is 0 Å². The first-order valence-corrected chi connectivity index (χ1v) is 3.34. The zero-order chi connectivity index (χ0) is 6.57. The van der Waals surface area contributed by atoms with Crippen LogP contribution in [0.25, 0.3) is 0 Å². The smallest absolute Gasteiger partial charge is 0.0927 e. The molecule has 0 bridgehead atoms. The van der Waals surface area contributed by atoms with Gasteiger partial charge in [0.1, 0.15) is 0 Å². The highest BCUT2D eigenvalue weighted by Crippen LogP contribution is 2.09. The van der Waals surface area contributed by atoms with Crippen LogP contribution in [0.3, 0.4) is 0 Å². The largest absolute Gasteiger partial charge is 0.233 e. The lowest BCUT2D eigenvalue weighted by molar-refractivity contribution is 0.0554. The Balaban J connectivity index is 3.17. The summed E-state index contributed by atoms with van der Waals surface area (Å²) in [7, 11) is 0. The first kappa shape index (κ1) is 7.96. The van der Waals surface area contributed by atoms with Crippen LogP contribution in [0.15, 0.2) is 0 Å². The van der Waals surface area contributed by atoms with Gasteiger partial charge >= 0.3 is 0 Å². The van der Waals surface area contributed by atoms with Crippen LogP contribution in [0, 0.1) is 5.92 Å². The van der Waals surface area contributed by atoms with Crippen LogP contribution in [0.1, 0.15) is 33.6 Å². The predicted molar refractivity (Wildman–Crippen MR) is 34.2 cm³/mol. The van der Waals surface area contributed by atoms with Crippen molar-refractivity contribution in [2.45, 2.75) is 39.7 Å². The molecule has 0 saturated carbocycles. The van der Waals surface area contributed by atoms with Crippen LogP contribution in [0.4, 0.5) is 0 Å². The highest BCUT2D eigenvalue weighted by molar-refractivity contribution is 4.56. The summed E-state index contributed by atoms with van der Waals surface area (Å²) >= 11 is 0. The van der Waals surface area contributed by atoms with Crippen molar-refractivity contribution in [3.05, 3.63) is 0 Å². The van der Waals surface area contributed by atoms with Gasteiger partial charge in [-0.05, 0) is 19.3 Å². The van der Waals surface area contributed by atoms with Crippen molar-refractivity contribution in [3.63, 3.8) is 0 Å². The molecule has 0 heterocycles. The molecular formula is C7H15O. The van der Waals surface area contributed by atoms with Crippen LogP contribution >= 0.6 is 0 Å². The van der Waals surface area contributed by atoms with Gasteiger partial charge in [-0.1, -0.05) is 20.3 Å². The summed E-state index contributed by atoms with van der Waals surface area (Å²) in [5.74, 6) is 0.361. The molecule has 0 N–H and O–H groups in total. The summed E-state index contributed by atoms with van der Waals surface area (Å²) in [4.78, 5) is 0. The van der Waals surface area contributed by atoms with Gasteiger partial charge in [0, 0.05) is 0 Å². The zero-order valence-electron chi connectivity index (χ0n) is 5.98. The van der Waals surface area contributed by atoms with Crippen molar-refractivity contribution < 1.29 is 5.11 Å². The lowest BCUT2D eigenvalue weighted by Crippen LogP contribution is -2.10. The molecule has 1 heteroatoms. The highest BCUT2D eigenvalue weighted by Gasteiger charge is 2.07. The Morgan fingerprint density at radius 3 is 2.00 bits per heavy atom. The van der Waals surface area contributed by atoms with Crippen molar-refractivity contribution >= 4 is 0 Å².